The van der Waals surface area contributed by atoms with Gasteiger partial charge < -0.3 is 4.90 Å². The smallest absolute Gasteiger partial charge is 0.253 e. The number of hydrogen-bond donors (Lipinski definition) is 1. The summed E-state index contributed by atoms with van der Waals surface area (Å²) in [6.45, 7) is 2.73. The SMILES string of the molecule is Cc1nc2cc(C(=O)N3CC[C@@]4(CC(=O)NC4=O)C3)ccc2s1. The predicted molar refractivity (Wildman–Crippen MR) is 85.1 cm³/mol. The van der Waals surface area contributed by atoms with Crippen LogP contribution in [0.3, 0.4) is 0 Å². The summed E-state index contributed by atoms with van der Waals surface area (Å²) in [6, 6.07) is 5.50. The van der Waals surface area contributed by atoms with Crippen LogP contribution in [0.4, 0.5) is 0 Å². The Kier molecular flexibility index (Phi) is 3.02. The van der Waals surface area contributed by atoms with Gasteiger partial charge in [-0.15, -0.1) is 11.3 Å². The number of imide groups is 1. The summed E-state index contributed by atoms with van der Waals surface area (Å²) < 4.78 is 1.05. The molecule has 1 spiro atoms. The van der Waals surface area contributed by atoms with E-state index in [1.54, 1.807) is 28.4 Å². The van der Waals surface area contributed by atoms with Crippen LogP contribution in [-0.4, -0.2) is 40.7 Å². The molecule has 0 saturated carbocycles. The van der Waals surface area contributed by atoms with Crippen molar-refractivity contribution in [3.63, 3.8) is 0 Å². The molecule has 0 unspecified atom stereocenters. The molecule has 2 fully saturated rings. The van der Waals surface area contributed by atoms with Gasteiger partial charge in [-0.2, -0.15) is 0 Å². The molecule has 1 N–H and O–H groups in total. The highest BCUT2D eigenvalue weighted by atomic mass is 32.1. The van der Waals surface area contributed by atoms with Crippen LogP contribution in [0.1, 0.15) is 28.2 Å². The van der Waals surface area contributed by atoms with Crippen molar-refractivity contribution < 1.29 is 14.4 Å². The number of thiazole rings is 1. The summed E-state index contributed by atoms with van der Waals surface area (Å²) in [4.78, 5) is 42.3. The Morgan fingerprint density at radius 2 is 2.22 bits per heavy atom. The number of aryl methyl sites for hydroxylation is 1. The summed E-state index contributed by atoms with van der Waals surface area (Å²) in [5.74, 6) is -0.603. The van der Waals surface area contributed by atoms with E-state index in [-0.39, 0.29) is 24.1 Å². The maximum absolute atomic E-state index is 12.7. The molecule has 4 rings (SSSR count). The molecule has 2 saturated heterocycles. The average molecular weight is 329 g/mol. The Morgan fingerprint density at radius 1 is 1.39 bits per heavy atom. The quantitative estimate of drug-likeness (QED) is 0.804. The van der Waals surface area contributed by atoms with E-state index in [4.69, 9.17) is 0 Å². The molecule has 118 valence electrons. The lowest BCUT2D eigenvalue weighted by Gasteiger charge is -2.20. The van der Waals surface area contributed by atoms with E-state index in [0.29, 0.717) is 25.1 Å². The molecule has 1 aromatic carbocycles. The van der Waals surface area contributed by atoms with E-state index in [9.17, 15) is 14.4 Å². The van der Waals surface area contributed by atoms with Gasteiger partial charge in [-0.1, -0.05) is 0 Å². The van der Waals surface area contributed by atoms with Crippen molar-refractivity contribution in [2.45, 2.75) is 19.8 Å². The van der Waals surface area contributed by atoms with Crippen LogP contribution in [0.25, 0.3) is 10.2 Å². The first-order chi connectivity index (χ1) is 11.0. The van der Waals surface area contributed by atoms with Gasteiger partial charge in [0.05, 0.1) is 20.6 Å². The molecule has 2 aliphatic rings. The number of carbonyl (C=O) groups is 3. The lowest BCUT2D eigenvalue weighted by atomic mass is 9.85. The van der Waals surface area contributed by atoms with Crippen LogP contribution in [-0.2, 0) is 9.59 Å². The molecule has 1 atom stereocenters. The minimum absolute atomic E-state index is 0.110. The van der Waals surface area contributed by atoms with Gasteiger partial charge in [0.2, 0.25) is 11.8 Å². The Balaban J connectivity index is 1.59. The summed E-state index contributed by atoms with van der Waals surface area (Å²) in [5, 5.41) is 3.32. The van der Waals surface area contributed by atoms with Gasteiger partial charge in [-0.05, 0) is 31.5 Å². The van der Waals surface area contributed by atoms with Crippen LogP contribution in [0.5, 0.6) is 0 Å². The van der Waals surface area contributed by atoms with Crippen molar-refractivity contribution in [2.75, 3.05) is 13.1 Å². The van der Waals surface area contributed by atoms with Crippen molar-refractivity contribution >= 4 is 39.3 Å². The van der Waals surface area contributed by atoms with Gasteiger partial charge in [-0.25, -0.2) is 4.98 Å². The van der Waals surface area contributed by atoms with Crippen molar-refractivity contribution in [3.8, 4) is 0 Å². The zero-order chi connectivity index (χ0) is 16.2. The van der Waals surface area contributed by atoms with Crippen molar-refractivity contribution in [3.05, 3.63) is 28.8 Å². The van der Waals surface area contributed by atoms with E-state index in [1.165, 1.54) is 0 Å². The number of aromatic nitrogens is 1. The van der Waals surface area contributed by atoms with E-state index >= 15 is 0 Å². The molecule has 0 aliphatic carbocycles. The highest BCUT2D eigenvalue weighted by Gasteiger charge is 2.51. The second kappa shape index (κ2) is 4.86. The highest BCUT2D eigenvalue weighted by Crippen LogP contribution is 2.38. The number of hydrogen-bond acceptors (Lipinski definition) is 5. The van der Waals surface area contributed by atoms with Gasteiger partial charge in [0, 0.05) is 25.1 Å². The lowest BCUT2D eigenvalue weighted by molar-refractivity contribution is -0.128. The second-order valence-corrected chi connectivity index (χ2v) is 7.46. The third kappa shape index (κ3) is 2.23. The van der Waals surface area contributed by atoms with Gasteiger partial charge in [-0.3, -0.25) is 19.7 Å². The third-order valence-corrected chi connectivity index (χ3v) is 5.57. The Bertz CT molecular complexity index is 859. The fourth-order valence-electron chi connectivity index (χ4n) is 3.42. The van der Waals surface area contributed by atoms with Crippen LogP contribution in [0.15, 0.2) is 18.2 Å². The maximum atomic E-state index is 12.7. The Labute approximate surface area is 136 Å². The van der Waals surface area contributed by atoms with Crippen LogP contribution in [0, 0.1) is 12.3 Å². The van der Waals surface area contributed by atoms with Gasteiger partial charge in [0.15, 0.2) is 0 Å². The molecule has 2 aromatic rings. The Morgan fingerprint density at radius 3 is 2.96 bits per heavy atom. The number of likely N-dealkylation sites (tertiary alicyclic amines) is 1. The monoisotopic (exact) mass is 329 g/mol. The minimum Gasteiger partial charge on any atom is -0.338 e. The number of carbonyl (C=O) groups excluding carboxylic acids is 3. The zero-order valence-electron chi connectivity index (χ0n) is 12.6. The molecule has 3 heterocycles. The number of fused-ring (bicyclic) bond motifs is 1. The normalized spacial score (nSPS) is 24.0. The minimum atomic E-state index is -0.728. The summed E-state index contributed by atoms with van der Waals surface area (Å²) in [7, 11) is 0. The molecule has 3 amide bonds. The first-order valence-electron chi connectivity index (χ1n) is 7.48. The van der Waals surface area contributed by atoms with Gasteiger partial charge >= 0.3 is 0 Å². The summed E-state index contributed by atoms with van der Waals surface area (Å²) in [6.07, 6.45) is 0.717. The Hall–Kier alpha value is -2.28. The molecular weight excluding hydrogens is 314 g/mol. The van der Waals surface area contributed by atoms with E-state index in [1.807, 2.05) is 13.0 Å². The van der Waals surface area contributed by atoms with Gasteiger partial charge in [0.25, 0.3) is 5.91 Å². The van der Waals surface area contributed by atoms with Crippen molar-refractivity contribution in [1.82, 2.24) is 15.2 Å². The number of benzene rings is 1. The molecule has 0 bridgehead atoms. The van der Waals surface area contributed by atoms with Crippen LogP contribution in [0.2, 0.25) is 0 Å². The number of nitrogens with zero attached hydrogens (tertiary/aromatic N) is 2. The van der Waals surface area contributed by atoms with Crippen molar-refractivity contribution in [2.24, 2.45) is 5.41 Å². The predicted octanol–water partition coefficient (Wildman–Crippen LogP) is 1.48. The summed E-state index contributed by atoms with van der Waals surface area (Å²) in [5.41, 5.74) is 0.666. The molecular formula is C16H15N3O3S. The number of rotatable bonds is 1. The number of amides is 3. The standard InChI is InChI=1S/C16H15N3O3S/c1-9-17-11-6-10(2-3-12(11)23-9)14(21)19-5-4-16(8-19)7-13(20)18-15(16)22/h2-3,6H,4-5,7-8H2,1H3,(H,18,20,22)/t16-/m1/s1. The molecule has 7 heteroatoms. The molecule has 6 nitrogen and oxygen atoms in total. The van der Waals surface area contributed by atoms with E-state index in [2.05, 4.69) is 10.3 Å². The molecule has 2 aliphatic heterocycles. The fourth-order valence-corrected chi connectivity index (χ4v) is 4.23. The molecule has 0 radical (unpaired) electrons. The van der Waals surface area contributed by atoms with Crippen LogP contribution < -0.4 is 5.32 Å². The van der Waals surface area contributed by atoms with Gasteiger partial charge in [0.1, 0.15) is 0 Å². The summed E-state index contributed by atoms with van der Waals surface area (Å²) >= 11 is 1.59. The molecule has 1 aromatic heterocycles. The maximum Gasteiger partial charge on any atom is 0.253 e. The fraction of sp³-hybridized carbons (Fsp3) is 0.375. The largest absolute Gasteiger partial charge is 0.338 e. The number of nitrogens with one attached hydrogen (secondary N) is 1. The zero-order valence-corrected chi connectivity index (χ0v) is 13.4. The topological polar surface area (TPSA) is 79.4 Å². The second-order valence-electron chi connectivity index (χ2n) is 6.23. The third-order valence-electron chi connectivity index (χ3n) is 4.62. The van der Waals surface area contributed by atoms with E-state index < -0.39 is 5.41 Å². The molecule has 23 heavy (non-hydrogen) atoms. The van der Waals surface area contributed by atoms with Crippen molar-refractivity contribution in [1.29, 1.82) is 0 Å². The highest BCUT2D eigenvalue weighted by molar-refractivity contribution is 7.18. The lowest BCUT2D eigenvalue weighted by Crippen LogP contribution is -2.36. The first kappa shape index (κ1) is 14.3. The average Bonchev–Trinajstić information content (AvgIpc) is 3.15. The first-order valence-corrected chi connectivity index (χ1v) is 8.29. The van der Waals surface area contributed by atoms with E-state index in [0.717, 1.165) is 15.2 Å². The van der Waals surface area contributed by atoms with Crippen LogP contribution >= 0.6 is 11.3 Å².